The Morgan fingerprint density at radius 3 is 2.58 bits per heavy atom. The van der Waals surface area contributed by atoms with E-state index in [9.17, 15) is 14.8 Å². The largest absolute Gasteiger partial charge is 0.444 e. The average molecular weight is 558 g/mol. The number of carbonyl (C=O) groups is 2. The molecule has 3 atom stereocenters. The van der Waals surface area contributed by atoms with Gasteiger partial charge < -0.3 is 29.2 Å². The summed E-state index contributed by atoms with van der Waals surface area (Å²) in [6.07, 6.45) is 7.49. The number of nitrogens with zero attached hydrogens (tertiary/aromatic N) is 5. The number of hydrogen-bond donors (Lipinski definition) is 1. The maximum Gasteiger partial charge on any atom is 0.410 e. The zero-order valence-electron chi connectivity index (χ0n) is 24.2. The van der Waals surface area contributed by atoms with Crippen LogP contribution in [0.25, 0.3) is 0 Å². The van der Waals surface area contributed by atoms with Gasteiger partial charge in [0.15, 0.2) is 11.6 Å². The number of carbonyl (C=O) groups excluding carboxylic acids is 2. The fourth-order valence-electron chi connectivity index (χ4n) is 7.05. The van der Waals surface area contributed by atoms with Gasteiger partial charge in [0.2, 0.25) is 5.95 Å². The highest BCUT2D eigenvalue weighted by molar-refractivity contribution is 6.14. The van der Waals surface area contributed by atoms with Crippen molar-refractivity contribution in [3.63, 3.8) is 0 Å². The predicted molar refractivity (Wildman–Crippen MR) is 147 cm³/mol. The van der Waals surface area contributed by atoms with Gasteiger partial charge in [0.05, 0.1) is 30.2 Å². The lowest BCUT2D eigenvalue weighted by Gasteiger charge is -2.52. The van der Waals surface area contributed by atoms with Crippen LogP contribution >= 0.6 is 0 Å². The third kappa shape index (κ3) is 5.30. The molecule has 3 heterocycles. The van der Waals surface area contributed by atoms with Crippen LogP contribution in [0.5, 0.6) is 0 Å². The molecule has 0 bridgehead atoms. The van der Waals surface area contributed by atoms with E-state index in [1.165, 1.54) is 0 Å². The van der Waals surface area contributed by atoms with E-state index < -0.39 is 22.7 Å². The van der Waals surface area contributed by atoms with Crippen LogP contribution in [0.3, 0.4) is 0 Å². The van der Waals surface area contributed by atoms with E-state index in [0.29, 0.717) is 57.3 Å². The van der Waals surface area contributed by atoms with Crippen LogP contribution in [0.4, 0.5) is 10.7 Å². The number of aromatic nitrogens is 2. The molecule has 4 fully saturated rings. The molecule has 2 aliphatic heterocycles. The molecule has 11 heteroatoms. The number of Topliss-reactive ketones (excluding diaryl/α,β-unsaturated/α-hetero) is 1. The molecule has 4 aliphatic rings. The highest BCUT2D eigenvalue weighted by atomic mass is 16.7. The monoisotopic (exact) mass is 557 g/mol. The van der Waals surface area contributed by atoms with Gasteiger partial charge in [0.25, 0.3) is 0 Å². The van der Waals surface area contributed by atoms with Gasteiger partial charge in [0, 0.05) is 38.3 Å². The van der Waals surface area contributed by atoms with E-state index >= 15 is 0 Å². The van der Waals surface area contributed by atoms with Crippen molar-refractivity contribution in [2.45, 2.75) is 96.5 Å². The minimum absolute atomic E-state index is 0.0319. The second-order valence-electron chi connectivity index (χ2n) is 12.6. The Kier molecular flexibility index (Phi) is 8.07. The summed E-state index contributed by atoms with van der Waals surface area (Å²) in [6, 6.07) is 1.63. The number of ether oxygens (including phenoxy) is 3. The number of amides is 1. The number of rotatable bonds is 3. The molecule has 1 amide bonds. The minimum atomic E-state index is -0.875. The van der Waals surface area contributed by atoms with E-state index in [-0.39, 0.29) is 23.6 Å². The summed E-state index contributed by atoms with van der Waals surface area (Å²) >= 11 is 0. The van der Waals surface area contributed by atoms with Crippen LogP contribution in [-0.4, -0.2) is 87.9 Å². The van der Waals surface area contributed by atoms with Crippen molar-refractivity contribution in [3.8, 4) is 0 Å². The third-order valence-corrected chi connectivity index (χ3v) is 8.82. The van der Waals surface area contributed by atoms with Gasteiger partial charge in [-0.1, -0.05) is 18.0 Å². The van der Waals surface area contributed by atoms with Crippen molar-refractivity contribution < 1.29 is 29.0 Å². The molecule has 40 heavy (non-hydrogen) atoms. The Bertz CT molecular complexity index is 1130. The maximum atomic E-state index is 14.3. The molecule has 2 aliphatic carbocycles. The quantitative estimate of drug-likeness (QED) is 0.331. The first-order chi connectivity index (χ1) is 19.1. The molecule has 0 aromatic carbocycles. The first-order valence-corrected chi connectivity index (χ1v) is 14.7. The third-order valence-electron chi connectivity index (χ3n) is 8.82. The van der Waals surface area contributed by atoms with E-state index in [0.717, 1.165) is 38.5 Å². The normalized spacial score (nSPS) is 29.6. The number of hydrogen-bond acceptors (Lipinski definition) is 10. The highest BCUT2D eigenvalue weighted by Crippen LogP contribution is 2.56. The molecule has 1 N–H and O–H groups in total. The van der Waals surface area contributed by atoms with Crippen LogP contribution in [0.15, 0.2) is 17.4 Å². The van der Waals surface area contributed by atoms with E-state index in [1.807, 2.05) is 27.7 Å². The molecular formula is C29H43N5O6. The SMILES string of the molecule is C[C@H]1CN(C(=O)OC(C)(C)C)CCCN1c1nccc(/C(=N\O)[C@@H]2CCC[C@@]3(CCCCC34OCCO4)C2=O)n1. The topological polar surface area (TPSA) is 127 Å². The molecule has 2 spiro atoms. The predicted octanol–water partition coefficient (Wildman–Crippen LogP) is 4.16. The van der Waals surface area contributed by atoms with E-state index in [2.05, 4.69) is 15.0 Å². The summed E-state index contributed by atoms with van der Waals surface area (Å²) in [5.74, 6) is -0.968. The Labute approximate surface area is 236 Å². The summed E-state index contributed by atoms with van der Waals surface area (Å²) < 4.78 is 17.9. The van der Waals surface area contributed by atoms with Gasteiger partial charge in [0.1, 0.15) is 11.3 Å². The molecule has 220 valence electrons. The van der Waals surface area contributed by atoms with Gasteiger partial charge in [-0.25, -0.2) is 14.8 Å². The van der Waals surface area contributed by atoms with Crippen molar-refractivity contribution >= 4 is 23.5 Å². The van der Waals surface area contributed by atoms with E-state index in [1.54, 1.807) is 17.2 Å². The lowest BCUT2D eigenvalue weighted by atomic mass is 9.57. The lowest BCUT2D eigenvalue weighted by Crippen LogP contribution is -2.60. The van der Waals surface area contributed by atoms with Crippen LogP contribution in [0.1, 0.15) is 84.8 Å². The molecule has 2 saturated heterocycles. The Hall–Kier alpha value is -2.79. The van der Waals surface area contributed by atoms with Crippen molar-refractivity contribution in [1.82, 2.24) is 14.9 Å². The van der Waals surface area contributed by atoms with Crippen LogP contribution in [-0.2, 0) is 19.0 Å². The van der Waals surface area contributed by atoms with Crippen LogP contribution in [0, 0.1) is 11.3 Å². The smallest absolute Gasteiger partial charge is 0.410 e. The van der Waals surface area contributed by atoms with Gasteiger partial charge >= 0.3 is 6.09 Å². The van der Waals surface area contributed by atoms with Crippen molar-refractivity contribution in [2.75, 3.05) is 37.7 Å². The summed E-state index contributed by atoms with van der Waals surface area (Å²) in [6.45, 7) is 10.3. The first kappa shape index (κ1) is 28.7. The molecule has 11 nitrogen and oxygen atoms in total. The highest BCUT2D eigenvalue weighted by Gasteiger charge is 2.63. The Morgan fingerprint density at radius 2 is 1.85 bits per heavy atom. The Morgan fingerprint density at radius 1 is 1.12 bits per heavy atom. The van der Waals surface area contributed by atoms with Crippen molar-refractivity contribution in [3.05, 3.63) is 18.0 Å². The van der Waals surface area contributed by atoms with Gasteiger partial charge in [-0.3, -0.25) is 4.79 Å². The summed E-state index contributed by atoms with van der Waals surface area (Å²) in [5.41, 5.74) is -0.599. The zero-order valence-corrected chi connectivity index (χ0v) is 24.2. The fourth-order valence-corrected chi connectivity index (χ4v) is 7.05. The molecule has 0 unspecified atom stereocenters. The molecular weight excluding hydrogens is 514 g/mol. The summed E-state index contributed by atoms with van der Waals surface area (Å²) in [4.78, 5) is 40.1. The maximum absolute atomic E-state index is 14.3. The second kappa shape index (κ2) is 11.2. The number of anilines is 1. The van der Waals surface area contributed by atoms with Gasteiger partial charge in [-0.05, 0) is 65.9 Å². The number of fused-ring (bicyclic) bond motifs is 1. The first-order valence-electron chi connectivity index (χ1n) is 14.7. The second-order valence-corrected chi connectivity index (χ2v) is 12.6. The standard InChI is InChI=1S/C29H43N5O6/c1-20-19-33(26(36)40-27(2,3)4)15-8-16-34(20)25-30-14-10-22(31-25)23(32-37)21-9-7-12-28(24(21)35)11-5-6-13-29(28)38-17-18-39-29/h10,14,20-21,37H,5-9,11-13,15-19H2,1-4H3/b32-23-/t20-,21-,28-/m0/s1. The molecule has 1 aromatic rings. The fraction of sp³-hybridized carbons (Fsp3) is 0.759. The van der Waals surface area contributed by atoms with Crippen molar-refractivity contribution in [2.24, 2.45) is 16.5 Å². The number of oxime groups is 1. The Balaban J connectivity index is 1.37. The van der Waals surface area contributed by atoms with Gasteiger partial charge in [-0.2, -0.15) is 0 Å². The van der Waals surface area contributed by atoms with Crippen molar-refractivity contribution in [1.29, 1.82) is 0 Å². The van der Waals surface area contributed by atoms with Crippen LogP contribution in [0.2, 0.25) is 0 Å². The minimum Gasteiger partial charge on any atom is -0.444 e. The number of ketones is 1. The molecule has 2 saturated carbocycles. The zero-order chi connectivity index (χ0) is 28.5. The molecule has 1 aromatic heterocycles. The summed E-state index contributed by atoms with van der Waals surface area (Å²) in [5, 5.41) is 13.9. The lowest BCUT2D eigenvalue weighted by molar-refractivity contribution is -0.255. The average Bonchev–Trinajstić information content (AvgIpc) is 3.29. The van der Waals surface area contributed by atoms with Crippen LogP contribution < -0.4 is 4.90 Å². The molecule has 5 rings (SSSR count). The summed E-state index contributed by atoms with van der Waals surface area (Å²) in [7, 11) is 0. The van der Waals surface area contributed by atoms with Gasteiger partial charge in [-0.15, -0.1) is 0 Å². The molecule has 0 radical (unpaired) electrons. The van der Waals surface area contributed by atoms with E-state index in [4.69, 9.17) is 19.2 Å².